The molecule has 1 atom stereocenters. The Balaban J connectivity index is 2.34. The van der Waals surface area contributed by atoms with E-state index >= 15 is 0 Å². The quantitative estimate of drug-likeness (QED) is 0.838. The first-order valence-electron chi connectivity index (χ1n) is 6.64. The van der Waals surface area contributed by atoms with E-state index in [1.807, 2.05) is 0 Å². The smallest absolute Gasteiger partial charge is 0.0217 e. The number of hydrogen-bond acceptors (Lipinski definition) is 1. The fraction of sp³-hybridized carbons (Fsp3) is 0.294. The summed E-state index contributed by atoms with van der Waals surface area (Å²) in [6, 6.07) is 19.4. The van der Waals surface area contributed by atoms with E-state index in [2.05, 4.69) is 73.8 Å². The van der Waals surface area contributed by atoms with E-state index < -0.39 is 0 Å². The molecule has 18 heavy (non-hydrogen) atoms. The van der Waals surface area contributed by atoms with Crippen LogP contribution in [0.3, 0.4) is 0 Å². The molecular formula is C17H21N. The lowest BCUT2D eigenvalue weighted by atomic mass is 9.88. The Kier molecular flexibility index (Phi) is 4.54. The van der Waals surface area contributed by atoms with Gasteiger partial charge in [-0.1, -0.05) is 61.5 Å². The second-order valence-electron chi connectivity index (χ2n) is 4.63. The molecule has 2 aromatic rings. The molecule has 0 aliphatic heterocycles. The molecule has 0 fully saturated rings. The zero-order valence-corrected chi connectivity index (χ0v) is 11.2. The molecule has 1 heteroatoms. The van der Waals surface area contributed by atoms with Crippen LogP contribution in [0.2, 0.25) is 0 Å². The number of aryl methyl sites for hydroxylation is 1. The van der Waals surface area contributed by atoms with Crippen LogP contribution in [0.15, 0.2) is 54.6 Å². The summed E-state index contributed by atoms with van der Waals surface area (Å²) in [7, 11) is 0. The monoisotopic (exact) mass is 239 g/mol. The minimum absolute atomic E-state index is 0.437. The van der Waals surface area contributed by atoms with Crippen molar-refractivity contribution in [1.29, 1.82) is 0 Å². The molecule has 0 saturated carbocycles. The molecule has 1 unspecified atom stereocenters. The van der Waals surface area contributed by atoms with E-state index in [-0.39, 0.29) is 0 Å². The van der Waals surface area contributed by atoms with Crippen molar-refractivity contribution in [3.8, 4) is 0 Å². The Morgan fingerprint density at radius 3 is 2.28 bits per heavy atom. The van der Waals surface area contributed by atoms with Gasteiger partial charge in [-0.2, -0.15) is 0 Å². The average Bonchev–Trinajstić information content (AvgIpc) is 2.42. The lowest BCUT2D eigenvalue weighted by molar-refractivity contribution is 0.656. The topological polar surface area (TPSA) is 12.0 Å². The first-order chi connectivity index (χ1) is 8.83. The summed E-state index contributed by atoms with van der Waals surface area (Å²) in [5, 5.41) is 3.47. The van der Waals surface area contributed by atoms with Crippen LogP contribution in [0.1, 0.15) is 29.5 Å². The summed E-state index contributed by atoms with van der Waals surface area (Å²) >= 11 is 0. The highest BCUT2D eigenvalue weighted by atomic mass is 14.8. The van der Waals surface area contributed by atoms with E-state index in [9.17, 15) is 0 Å². The van der Waals surface area contributed by atoms with Crippen LogP contribution in [-0.4, -0.2) is 13.1 Å². The number of nitrogens with one attached hydrogen (secondary N) is 1. The highest BCUT2D eigenvalue weighted by Crippen LogP contribution is 2.26. The lowest BCUT2D eigenvalue weighted by Crippen LogP contribution is -2.22. The van der Waals surface area contributed by atoms with Crippen LogP contribution in [0.25, 0.3) is 0 Å². The third kappa shape index (κ3) is 2.99. The van der Waals surface area contributed by atoms with Gasteiger partial charge in [0.1, 0.15) is 0 Å². The average molecular weight is 239 g/mol. The van der Waals surface area contributed by atoms with Crippen LogP contribution < -0.4 is 5.32 Å². The molecule has 2 aromatic carbocycles. The summed E-state index contributed by atoms with van der Waals surface area (Å²) in [6.45, 7) is 6.34. The van der Waals surface area contributed by atoms with E-state index in [0.717, 1.165) is 13.1 Å². The highest BCUT2D eigenvalue weighted by Gasteiger charge is 2.14. The summed E-state index contributed by atoms with van der Waals surface area (Å²) in [4.78, 5) is 0. The third-order valence-corrected chi connectivity index (χ3v) is 3.36. The van der Waals surface area contributed by atoms with Crippen molar-refractivity contribution < 1.29 is 0 Å². The zero-order valence-electron chi connectivity index (χ0n) is 11.2. The molecule has 0 saturated heterocycles. The maximum absolute atomic E-state index is 3.47. The van der Waals surface area contributed by atoms with Gasteiger partial charge in [0.2, 0.25) is 0 Å². The van der Waals surface area contributed by atoms with Gasteiger partial charge in [-0.25, -0.2) is 0 Å². The van der Waals surface area contributed by atoms with Gasteiger partial charge in [-0.3, -0.25) is 0 Å². The van der Waals surface area contributed by atoms with Crippen molar-refractivity contribution in [2.45, 2.75) is 19.8 Å². The summed E-state index contributed by atoms with van der Waals surface area (Å²) in [5.41, 5.74) is 4.17. The Morgan fingerprint density at radius 2 is 1.61 bits per heavy atom. The van der Waals surface area contributed by atoms with Crippen molar-refractivity contribution in [1.82, 2.24) is 5.32 Å². The van der Waals surface area contributed by atoms with Crippen molar-refractivity contribution >= 4 is 0 Å². The molecule has 94 valence electrons. The molecule has 1 nitrogen and oxygen atoms in total. The molecule has 0 amide bonds. The van der Waals surface area contributed by atoms with E-state index in [4.69, 9.17) is 0 Å². The molecular weight excluding hydrogens is 218 g/mol. The van der Waals surface area contributed by atoms with Gasteiger partial charge >= 0.3 is 0 Å². The molecule has 0 radical (unpaired) electrons. The van der Waals surface area contributed by atoms with Crippen LogP contribution in [0, 0.1) is 6.92 Å². The molecule has 1 N–H and O–H groups in total. The normalized spacial score (nSPS) is 12.3. The first-order valence-corrected chi connectivity index (χ1v) is 6.64. The summed E-state index contributed by atoms with van der Waals surface area (Å²) in [6.07, 6.45) is 0. The second kappa shape index (κ2) is 6.36. The van der Waals surface area contributed by atoms with Gasteiger partial charge in [0.05, 0.1) is 0 Å². The van der Waals surface area contributed by atoms with E-state index in [0.29, 0.717) is 5.92 Å². The summed E-state index contributed by atoms with van der Waals surface area (Å²) < 4.78 is 0. The van der Waals surface area contributed by atoms with E-state index in [1.54, 1.807) is 0 Å². The molecule has 0 aliphatic carbocycles. The van der Waals surface area contributed by atoms with Crippen molar-refractivity contribution in [3.63, 3.8) is 0 Å². The number of hydrogen-bond donors (Lipinski definition) is 1. The van der Waals surface area contributed by atoms with Crippen LogP contribution in [-0.2, 0) is 0 Å². The van der Waals surface area contributed by atoms with Crippen LogP contribution >= 0.6 is 0 Å². The van der Waals surface area contributed by atoms with Gasteiger partial charge in [0.15, 0.2) is 0 Å². The number of likely N-dealkylation sites (N-methyl/N-ethyl adjacent to an activating group) is 1. The molecule has 0 spiro atoms. The minimum atomic E-state index is 0.437. The molecule has 0 aliphatic rings. The SMILES string of the molecule is CCNCC(c1ccccc1)c1ccccc1C. The zero-order chi connectivity index (χ0) is 12.8. The Hall–Kier alpha value is -1.60. The lowest BCUT2D eigenvalue weighted by Gasteiger charge is -2.20. The first kappa shape index (κ1) is 12.8. The fourth-order valence-corrected chi connectivity index (χ4v) is 2.36. The third-order valence-electron chi connectivity index (χ3n) is 3.36. The van der Waals surface area contributed by atoms with E-state index in [1.165, 1.54) is 16.7 Å². The Labute approximate surface area is 110 Å². The van der Waals surface area contributed by atoms with Gasteiger partial charge < -0.3 is 5.32 Å². The molecule has 0 aromatic heterocycles. The standard InChI is InChI=1S/C17H21N/c1-3-18-13-17(15-10-5-4-6-11-15)16-12-8-7-9-14(16)2/h4-12,17-18H,3,13H2,1-2H3. The maximum Gasteiger partial charge on any atom is 0.0217 e. The predicted molar refractivity (Wildman–Crippen MR) is 78.0 cm³/mol. The predicted octanol–water partition coefficient (Wildman–Crippen LogP) is 3.74. The second-order valence-corrected chi connectivity index (χ2v) is 4.63. The summed E-state index contributed by atoms with van der Waals surface area (Å²) in [5.74, 6) is 0.437. The number of benzene rings is 2. The largest absolute Gasteiger partial charge is 0.316 e. The van der Waals surface area contributed by atoms with Gasteiger partial charge in [-0.05, 0) is 30.2 Å². The van der Waals surface area contributed by atoms with Gasteiger partial charge in [-0.15, -0.1) is 0 Å². The molecule has 2 rings (SSSR count). The number of rotatable bonds is 5. The van der Waals surface area contributed by atoms with Crippen molar-refractivity contribution in [2.75, 3.05) is 13.1 Å². The maximum atomic E-state index is 3.47. The minimum Gasteiger partial charge on any atom is -0.316 e. The van der Waals surface area contributed by atoms with Gasteiger partial charge in [0, 0.05) is 12.5 Å². The van der Waals surface area contributed by atoms with Crippen molar-refractivity contribution in [3.05, 3.63) is 71.3 Å². The Morgan fingerprint density at radius 1 is 0.944 bits per heavy atom. The molecule has 0 bridgehead atoms. The molecule has 0 heterocycles. The van der Waals surface area contributed by atoms with Crippen LogP contribution in [0.5, 0.6) is 0 Å². The highest BCUT2D eigenvalue weighted by molar-refractivity contribution is 5.37. The van der Waals surface area contributed by atoms with Crippen molar-refractivity contribution in [2.24, 2.45) is 0 Å². The van der Waals surface area contributed by atoms with Crippen LogP contribution in [0.4, 0.5) is 0 Å². The fourth-order valence-electron chi connectivity index (χ4n) is 2.36. The van der Waals surface area contributed by atoms with Gasteiger partial charge in [0.25, 0.3) is 0 Å². The Bertz CT molecular complexity index is 476.